The van der Waals surface area contributed by atoms with E-state index < -0.39 is 0 Å². The molecule has 0 saturated heterocycles. The van der Waals surface area contributed by atoms with Crippen molar-refractivity contribution >= 4 is 11.6 Å². The highest BCUT2D eigenvalue weighted by Crippen LogP contribution is 2.26. The van der Waals surface area contributed by atoms with Gasteiger partial charge in [-0.05, 0) is 34.7 Å². The molecule has 1 aromatic heterocycles. The number of nitrogens with zero attached hydrogens (tertiary/aromatic N) is 1. The molecular formula is C32H34ClNO4. The first-order valence-electron chi connectivity index (χ1n) is 12.9. The molecule has 4 aromatic rings. The van der Waals surface area contributed by atoms with E-state index in [1.165, 1.54) is 0 Å². The first kappa shape index (κ1) is 27.8. The highest BCUT2D eigenvalue weighted by molar-refractivity contribution is 6.30. The number of ether oxygens (including phenoxy) is 4. The van der Waals surface area contributed by atoms with Gasteiger partial charge in [-0.25, -0.2) is 4.98 Å². The molecule has 0 aliphatic heterocycles. The summed E-state index contributed by atoms with van der Waals surface area (Å²) in [5.74, 6) is 0.477. The fraction of sp³-hybridized carbons (Fsp3) is 0.281. The van der Waals surface area contributed by atoms with Crippen LogP contribution in [0, 0.1) is 0 Å². The van der Waals surface area contributed by atoms with Gasteiger partial charge in [-0.3, -0.25) is 0 Å². The van der Waals surface area contributed by atoms with Gasteiger partial charge in [0.1, 0.15) is 17.9 Å². The average Bonchev–Trinajstić information content (AvgIpc) is 2.96. The summed E-state index contributed by atoms with van der Waals surface area (Å²) < 4.78 is 24.4. The number of rotatable bonds is 15. The number of aromatic nitrogens is 1. The molecule has 0 fully saturated rings. The molecule has 0 N–H and O–H groups in total. The van der Waals surface area contributed by atoms with Crippen LogP contribution >= 0.6 is 11.6 Å². The molecule has 0 atom stereocenters. The molecular weight excluding hydrogens is 498 g/mol. The predicted octanol–water partition coefficient (Wildman–Crippen LogP) is 7.20. The van der Waals surface area contributed by atoms with Crippen molar-refractivity contribution < 1.29 is 18.9 Å². The minimum atomic E-state index is -0.273. The van der Waals surface area contributed by atoms with Crippen molar-refractivity contribution in [3.8, 4) is 5.88 Å². The van der Waals surface area contributed by atoms with E-state index in [2.05, 4.69) is 11.9 Å². The minimum Gasteiger partial charge on any atom is -0.472 e. The van der Waals surface area contributed by atoms with E-state index in [0.717, 1.165) is 34.2 Å². The van der Waals surface area contributed by atoms with Gasteiger partial charge in [-0.15, -0.1) is 0 Å². The molecule has 0 spiro atoms. The van der Waals surface area contributed by atoms with E-state index in [0.29, 0.717) is 50.7 Å². The Morgan fingerprint density at radius 2 is 1.16 bits per heavy atom. The van der Waals surface area contributed by atoms with Gasteiger partial charge in [-0.2, -0.15) is 0 Å². The smallest absolute Gasteiger partial charge is 0.220 e. The number of pyridine rings is 1. The third-order valence-electron chi connectivity index (χ3n) is 5.99. The van der Waals surface area contributed by atoms with Gasteiger partial charge in [0, 0.05) is 5.56 Å². The molecule has 38 heavy (non-hydrogen) atoms. The number of hydrogen-bond acceptors (Lipinski definition) is 5. The molecule has 0 unspecified atom stereocenters. The molecule has 0 radical (unpaired) electrons. The Kier molecular flexibility index (Phi) is 11.2. The second-order valence-corrected chi connectivity index (χ2v) is 9.32. The summed E-state index contributed by atoms with van der Waals surface area (Å²) in [5.41, 5.74) is 5.08. The van der Waals surface area contributed by atoms with Crippen molar-refractivity contribution in [2.45, 2.75) is 45.9 Å². The lowest BCUT2D eigenvalue weighted by Gasteiger charge is -2.20. The zero-order valence-electron chi connectivity index (χ0n) is 21.7. The first-order chi connectivity index (χ1) is 18.7. The maximum Gasteiger partial charge on any atom is 0.220 e. The fourth-order valence-corrected chi connectivity index (χ4v) is 4.15. The van der Waals surface area contributed by atoms with Crippen LogP contribution in [0.5, 0.6) is 5.88 Å². The predicted molar refractivity (Wildman–Crippen MR) is 150 cm³/mol. The highest BCUT2D eigenvalue weighted by atomic mass is 35.5. The Hall–Kier alpha value is -3.22. The van der Waals surface area contributed by atoms with Crippen LogP contribution in [0.3, 0.4) is 0 Å². The summed E-state index contributed by atoms with van der Waals surface area (Å²) in [4.78, 5) is 4.54. The quantitative estimate of drug-likeness (QED) is 0.152. The monoisotopic (exact) mass is 531 g/mol. The summed E-state index contributed by atoms with van der Waals surface area (Å²) >= 11 is 6.43. The average molecular weight is 532 g/mol. The van der Waals surface area contributed by atoms with Gasteiger partial charge in [0.05, 0.1) is 33.0 Å². The van der Waals surface area contributed by atoms with Crippen molar-refractivity contribution in [1.29, 1.82) is 0 Å². The normalized spacial score (nSPS) is 11.1. The van der Waals surface area contributed by atoms with E-state index in [1.54, 1.807) is 0 Å². The Morgan fingerprint density at radius 3 is 1.66 bits per heavy atom. The minimum absolute atomic E-state index is 0.273. The van der Waals surface area contributed by atoms with Gasteiger partial charge in [0.15, 0.2) is 0 Å². The summed E-state index contributed by atoms with van der Waals surface area (Å²) in [6.07, 6.45) is 0.492. The Bertz CT molecular complexity index is 1180. The molecule has 3 aromatic carbocycles. The third-order valence-corrected chi connectivity index (χ3v) is 6.32. The molecule has 0 bridgehead atoms. The topological polar surface area (TPSA) is 49.8 Å². The maximum atomic E-state index is 6.43. The van der Waals surface area contributed by atoms with E-state index in [4.69, 9.17) is 30.5 Å². The number of aryl methyl sites for hydroxylation is 1. The molecule has 4 rings (SSSR count). The van der Waals surface area contributed by atoms with Crippen molar-refractivity contribution in [2.75, 3.05) is 13.2 Å². The second kappa shape index (κ2) is 15.3. The van der Waals surface area contributed by atoms with Crippen LogP contribution in [-0.4, -0.2) is 24.3 Å². The van der Waals surface area contributed by atoms with Crippen LogP contribution in [0.4, 0.5) is 0 Å². The molecule has 0 aliphatic carbocycles. The lowest BCUT2D eigenvalue weighted by molar-refractivity contribution is -0.0734. The van der Waals surface area contributed by atoms with E-state index in [9.17, 15) is 0 Å². The lowest BCUT2D eigenvalue weighted by Crippen LogP contribution is -2.26. The summed E-state index contributed by atoms with van der Waals surface area (Å²) in [6, 6.07) is 32.2. The zero-order valence-corrected chi connectivity index (χ0v) is 22.5. The molecule has 0 aliphatic rings. The molecule has 0 saturated carbocycles. The van der Waals surface area contributed by atoms with Gasteiger partial charge >= 0.3 is 0 Å². The van der Waals surface area contributed by atoms with E-state index >= 15 is 0 Å². The van der Waals surface area contributed by atoms with Gasteiger partial charge in [0.25, 0.3) is 0 Å². The molecule has 0 amide bonds. The van der Waals surface area contributed by atoms with Crippen molar-refractivity contribution in [3.05, 3.63) is 130 Å². The SMILES string of the molecule is CCc1cc(COC(COCc2ccccc2)COCc2ccccc2)c(OCc2ccccc2)nc1Cl. The third kappa shape index (κ3) is 8.96. The van der Waals surface area contributed by atoms with Gasteiger partial charge in [-0.1, -0.05) is 110 Å². The number of benzene rings is 3. The second-order valence-electron chi connectivity index (χ2n) is 8.96. The van der Waals surface area contributed by atoms with Crippen molar-refractivity contribution in [1.82, 2.24) is 4.98 Å². The summed E-state index contributed by atoms with van der Waals surface area (Å²) in [5, 5.41) is 0.452. The van der Waals surface area contributed by atoms with Crippen LogP contribution in [0.25, 0.3) is 0 Å². The van der Waals surface area contributed by atoms with Crippen LogP contribution < -0.4 is 4.74 Å². The largest absolute Gasteiger partial charge is 0.472 e. The van der Waals surface area contributed by atoms with Crippen LogP contribution in [0.2, 0.25) is 5.15 Å². The standard InChI is InChI=1S/C32H34ClNO4/c1-2-28-18-29(32(34-31(28)33)38-21-27-16-10-5-11-17-27)22-37-30(23-35-19-25-12-6-3-7-13-25)24-36-20-26-14-8-4-9-15-26/h3-18,30H,2,19-24H2,1H3. The highest BCUT2D eigenvalue weighted by Gasteiger charge is 2.16. The fourth-order valence-electron chi connectivity index (χ4n) is 3.88. The summed E-state index contributed by atoms with van der Waals surface area (Å²) in [6.45, 7) is 4.55. The van der Waals surface area contributed by atoms with Crippen molar-refractivity contribution in [2.24, 2.45) is 0 Å². The molecule has 1 heterocycles. The van der Waals surface area contributed by atoms with Crippen molar-refractivity contribution in [3.63, 3.8) is 0 Å². The Morgan fingerprint density at radius 1 is 0.658 bits per heavy atom. The molecule has 198 valence electrons. The number of hydrogen-bond donors (Lipinski definition) is 0. The zero-order chi connectivity index (χ0) is 26.4. The number of halogens is 1. The van der Waals surface area contributed by atoms with E-state index in [-0.39, 0.29) is 6.10 Å². The van der Waals surface area contributed by atoms with Crippen LogP contribution in [0.1, 0.15) is 34.7 Å². The van der Waals surface area contributed by atoms with Crippen LogP contribution in [-0.2, 0) is 47.1 Å². The Labute approximate surface area is 230 Å². The maximum absolute atomic E-state index is 6.43. The molecule has 6 heteroatoms. The first-order valence-corrected chi connectivity index (χ1v) is 13.3. The van der Waals surface area contributed by atoms with Crippen LogP contribution in [0.15, 0.2) is 97.1 Å². The Balaban J connectivity index is 1.41. The van der Waals surface area contributed by atoms with Gasteiger partial charge < -0.3 is 18.9 Å². The van der Waals surface area contributed by atoms with Gasteiger partial charge in [0.2, 0.25) is 5.88 Å². The van der Waals surface area contributed by atoms with E-state index in [1.807, 2.05) is 97.1 Å². The molecule has 5 nitrogen and oxygen atoms in total. The summed E-state index contributed by atoms with van der Waals surface area (Å²) in [7, 11) is 0. The lowest BCUT2D eigenvalue weighted by atomic mass is 10.1.